The lowest BCUT2D eigenvalue weighted by molar-refractivity contribution is -0.121. The summed E-state index contributed by atoms with van der Waals surface area (Å²) in [6, 6.07) is 21.5. The molecule has 0 aliphatic carbocycles. The van der Waals surface area contributed by atoms with E-state index in [4.69, 9.17) is 10.8 Å². The Labute approximate surface area is 169 Å². The number of carbonyl (C=O) groups is 1. The number of hydrogen-bond acceptors (Lipinski definition) is 4. The van der Waals surface area contributed by atoms with Gasteiger partial charge in [0.25, 0.3) is 0 Å². The number of hydrogen-bond donors (Lipinski definition) is 3. The molecule has 6 nitrogen and oxygen atoms in total. The number of nitrogens with two attached hydrogens (primary N) is 1. The number of benzene rings is 3. The van der Waals surface area contributed by atoms with Gasteiger partial charge in [-0.05, 0) is 34.9 Å². The van der Waals surface area contributed by atoms with E-state index in [0.29, 0.717) is 25.3 Å². The number of imidazole rings is 1. The predicted molar refractivity (Wildman–Crippen MR) is 116 cm³/mol. The Morgan fingerprint density at radius 2 is 1.83 bits per heavy atom. The second-order valence-corrected chi connectivity index (χ2v) is 7.10. The van der Waals surface area contributed by atoms with Crippen molar-refractivity contribution < 1.29 is 9.90 Å². The van der Waals surface area contributed by atoms with Crippen LogP contribution in [0.4, 0.5) is 5.95 Å². The van der Waals surface area contributed by atoms with Crippen molar-refractivity contribution in [3.8, 4) is 0 Å². The summed E-state index contributed by atoms with van der Waals surface area (Å²) in [5.74, 6) is 0.177. The highest BCUT2D eigenvalue weighted by Gasteiger charge is 2.24. The molecule has 1 aromatic heterocycles. The number of amides is 1. The Hall–Kier alpha value is -3.38. The lowest BCUT2D eigenvalue weighted by Gasteiger charge is -2.20. The van der Waals surface area contributed by atoms with Crippen molar-refractivity contribution in [2.75, 3.05) is 18.5 Å². The Morgan fingerprint density at radius 1 is 1.07 bits per heavy atom. The zero-order chi connectivity index (χ0) is 20.2. The van der Waals surface area contributed by atoms with E-state index in [2.05, 4.69) is 34.6 Å². The van der Waals surface area contributed by atoms with Crippen LogP contribution in [0.5, 0.6) is 0 Å². The molecule has 1 atom stereocenters. The van der Waals surface area contributed by atoms with Crippen LogP contribution in [0, 0.1) is 0 Å². The number of nitrogens with one attached hydrogen (secondary N) is 1. The van der Waals surface area contributed by atoms with Crippen molar-refractivity contribution in [2.24, 2.45) is 5.73 Å². The normalized spacial score (nSPS) is 12.3. The van der Waals surface area contributed by atoms with E-state index < -0.39 is 11.9 Å². The highest BCUT2D eigenvalue weighted by Crippen LogP contribution is 2.28. The molecule has 4 aromatic rings. The molecule has 1 amide bonds. The molecule has 6 heteroatoms. The second kappa shape index (κ2) is 8.32. The van der Waals surface area contributed by atoms with Crippen LogP contribution in [0.3, 0.4) is 0 Å². The molecular formula is C23H24N4O2. The molecule has 4 N–H and O–H groups in total. The zero-order valence-electron chi connectivity index (χ0n) is 16.1. The van der Waals surface area contributed by atoms with Gasteiger partial charge in [0.05, 0.1) is 11.0 Å². The van der Waals surface area contributed by atoms with Crippen LogP contribution in [0.1, 0.15) is 18.0 Å². The van der Waals surface area contributed by atoms with Crippen molar-refractivity contribution in [1.82, 2.24) is 9.55 Å². The van der Waals surface area contributed by atoms with E-state index in [1.807, 2.05) is 47.0 Å². The van der Waals surface area contributed by atoms with Gasteiger partial charge in [-0.1, -0.05) is 54.6 Å². The summed E-state index contributed by atoms with van der Waals surface area (Å²) in [4.78, 5) is 17.1. The number of aromatic nitrogens is 2. The SMILES string of the molecule is NC(=O)C(Cc1ccc2ccccc2c1)n1c(NCCCO)nc2ccccc21. The molecule has 3 aromatic carbocycles. The maximum absolute atomic E-state index is 12.5. The van der Waals surface area contributed by atoms with E-state index in [-0.39, 0.29) is 6.61 Å². The molecule has 0 saturated carbocycles. The number of carbonyl (C=O) groups excluding carboxylic acids is 1. The lowest BCUT2D eigenvalue weighted by Crippen LogP contribution is -2.29. The van der Waals surface area contributed by atoms with Gasteiger partial charge in [0.1, 0.15) is 6.04 Å². The minimum Gasteiger partial charge on any atom is -0.396 e. The standard InChI is InChI=1S/C23H24N4O2/c24-22(29)21(15-16-10-11-17-6-1-2-7-18(17)14-16)27-20-9-4-3-8-19(20)26-23(27)25-12-5-13-28/h1-4,6-11,14,21,28H,5,12-13,15H2,(H2,24,29)(H,25,26). The number of aliphatic hydroxyl groups is 1. The molecule has 0 bridgehead atoms. The summed E-state index contributed by atoms with van der Waals surface area (Å²) in [7, 11) is 0. The van der Waals surface area contributed by atoms with Gasteiger partial charge in [-0.25, -0.2) is 4.98 Å². The summed E-state index contributed by atoms with van der Waals surface area (Å²) in [5, 5.41) is 14.6. The fraction of sp³-hybridized carbons (Fsp3) is 0.217. The molecule has 0 aliphatic rings. The summed E-state index contributed by atoms with van der Waals surface area (Å²) in [6.07, 6.45) is 1.06. The van der Waals surface area contributed by atoms with Gasteiger partial charge >= 0.3 is 0 Å². The zero-order valence-corrected chi connectivity index (χ0v) is 16.1. The maximum Gasteiger partial charge on any atom is 0.240 e. The molecule has 0 aliphatic heterocycles. The third-order valence-corrected chi connectivity index (χ3v) is 5.10. The average molecular weight is 388 g/mol. The van der Waals surface area contributed by atoms with Gasteiger partial charge in [-0.2, -0.15) is 0 Å². The van der Waals surface area contributed by atoms with Gasteiger partial charge in [-0.15, -0.1) is 0 Å². The number of para-hydroxylation sites is 2. The molecule has 0 fully saturated rings. The van der Waals surface area contributed by atoms with Gasteiger partial charge < -0.3 is 16.2 Å². The molecule has 0 saturated heterocycles. The molecule has 29 heavy (non-hydrogen) atoms. The quantitative estimate of drug-likeness (QED) is 0.404. The molecule has 0 radical (unpaired) electrons. The van der Waals surface area contributed by atoms with Crippen molar-refractivity contribution in [3.63, 3.8) is 0 Å². The molecule has 1 heterocycles. The highest BCUT2D eigenvalue weighted by molar-refractivity contribution is 5.86. The first kappa shape index (κ1) is 19.0. The van der Waals surface area contributed by atoms with Crippen molar-refractivity contribution in [3.05, 3.63) is 72.3 Å². The van der Waals surface area contributed by atoms with E-state index in [1.54, 1.807) is 0 Å². The Bertz CT molecular complexity index is 1150. The number of anilines is 1. The van der Waals surface area contributed by atoms with E-state index in [0.717, 1.165) is 27.4 Å². The van der Waals surface area contributed by atoms with Crippen molar-refractivity contribution in [2.45, 2.75) is 18.9 Å². The molecule has 1 unspecified atom stereocenters. The highest BCUT2D eigenvalue weighted by atomic mass is 16.3. The predicted octanol–water partition coefficient (Wildman–Crippen LogP) is 3.25. The fourth-order valence-corrected chi connectivity index (χ4v) is 3.67. The smallest absolute Gasteiger partial charge is 0.240 e. The van der Waals surface area contributed by atoms with Crippen molar-refractivity contribution in [1.29, 1.82) is 0 Å². The van der Waals surface area contributed by atoms with Crippen LogP contribution in [-0.4, -0.2) is 33.7 Å². The summed E-state index contributed by atoms with van der Waals surface area (Å²) in [6.45, 7) is 0.644. The van der Waals surface area contributed by atoms with E-state index in [9.17, 15) is 4.79 Å². The monoisotopic (exact) mass is 388 g/mol. The van der Waals surface area contributed by atoms with Gasteiger partial charge in [-0.3, -0.25) is 9.36 Å². The first-order valence-corrected chi connectivity index (χ1v) is 9.76. The van der Waals surface area contributed by atoms with Crippen LogP contribution in [0.2, 0.25) is 0 Å². The van der Waals surface area contributed by atoms with Crippen LogP contribution < -0.4 is 11.1 Å². The van der Waals surface area contributed by atoms with Gasteiger partial charge in [0.15, 0.2) is 0 Å². The lowest BCUT2D eigenvalue weighted by atomic mass is 10.0. The number of primary amides is 1. The average Bonchev–Trinajstić information content (AvgIpc) is 3.10. The van der Waals surface area contributed by atoms with E-state index in [1.165, 1.54) is 0 Å². The minimum atomic E-state index is -0.583. The van der Waals surface area contributed by atoms with Gasteiger partial charge in [0.2, 0.25) is 11.9 Å². The Morgan fingerprint density at radius 3 is 2.62 bits per heavy atom. The number of nitrogens with zero attached hydrogens (tertiary/aromatic N) is 2. The topological polar surface area (TPSA) is 93.2 Å². The third kappa shape index (κ3) is 3.93. The summed E-state index contributed by atoms with van der Waals surface area (Å²) in [5.41, 5.74) is 8.53. The van der Waals surface area contributed by atoms with E-state index >= 15 is 0 Å². The van der Waals surface area contributed by atoms with Crippen molar-refractivity contribution >= 4 is 33.7 Å². The Kier molecular flexibility index (Phi) is 5.44. The maximum atomic E-state index is 12.5. The second-order valence-electron chi connectivity index (χ2n) is 7.10. The minimum absolute atomic E-state index is 0.0869. The first-order valence-electron chi connectivity index (χ1n) is 9.76. The fourth-order valence-electron chi connectivity index (χ4n) is 3.67. The molecule has 0 spiro atoms. The first-order chi connectivity index (χ1) is 14.2. The van der Waals surface area contributed by atoms with Crippen LogP contribution in [0.25, 0.3) is 21.8 Å². The number of rotatable bonds is 8. The van der Waals surface area contributed by atoms with Crippen LogP contribution in [-0.2, 0) is 11.2 Å². The summed E-state index contributed by atoms with van der Waals surface area (Å²) >= 11 is 0. The largest absolute Gasteiger partial charge is 0.396 e. The summed E-state index contributed by atoms with van der Waals surface area (Å²) < 4.78 is 1.88. The molecule has 4 rings (SSSR count). The van der Waals surface area contributed by atoms with Crippen LogP contribution >= 0.6 is 0 Å². The van der Waals surface area contributed by atoms with Gasteiger partial charge in [0, 0.05) is 19.6 Å². The molecular weight excluding hydrogens is 364 g/mol. The number of fused-ring (bicyclic) bond motifs is 2. The molecule has 148 valence electrons. The third-order valence-electron chi connectivity index (χ3n) is 5.10. The number of aliphatic hydroxyl groups excluding tert-OH is 1. The van der Waals surface area contributed by atoms with Crippen LogP contribution in [0.15, 0.2) is 66.7 Å². The Balaban J connectivity index is 1.74.